The summed E-state index contributed by atoms with van der Waals surface area (Å²) in [5.41, 5.74) is 1.02. The molecule has 12 heteroatoms. The zero-order valence-electron chi connectivity index (χ0n) is 23.5. The van der Waals surface area contributed by atoms with Crippen LogP contribution in [0.5, 0.6) is 11.5 Å². The summed E-state index contributed by atoms with van der Waals surface area (Å²) >= 11 is 1.62. The average Bonchev–Trinajstić information content (AvgIpc) is 2.94. The van der Waals surface area contributed by atoms with Gasteiger partial charge < -0.3 is 20.1 Å². The van der Waals surface area contributed by atoms with Crippen molar-refractivity contribution in [2.45, 2.75) is 80.2 Å². The highest BCUT2D eigenvalue weighted by atomic mass is 32.2. The molecular formula is C31H33F3N4O4S. The quantitative estimate of drug-likeness (QED) is 0.325. The van der Waals surface area contributed by atoms with Crippen LogP contribution >= 0.6 is 11.8 Å². The Hall–Kier alpha value is -3.51. The number of phenolic OH excluding ortho intramolecular Hbond substituents is 1. The number of thioether (sulfide) groups is 1. The third-order valence-electron chi connectivity index (χ3n) is 8.33. The number of hydrogen-bond acceptors (Lipinski definition) is 7. The third-order valence-corrected chi connectivity index (χ3v) is 9.62. The minimum absolute atomic E-state index is 0.0430. The van der Waals surface area contributed by atoms with Crippen LogP contribution in [0.3, 0.4) is 0 Å². The SMILES string of the molecule is O=C(CCNC1CC(Oc2ccc(C(F)(F)F)cc2)C1)N1CCc2nc(SC3CCC3)n(-c3ccc(O)cc3)c(=O)c2C1. The molecule has 0 atom stereocenters. The molecule has 6 rings (SSSR count). The van der Waals surface area contributed by atoms with Crippen molar-refractivity contribution in [2.24, 2.45) is 0 Å². The first-order chi connectivity index (χ1) is 20.6. The van der Waals surface area contributed by atoms with Gasteiger partial charge in [-0.05, 0) is 74.2 Å². The Labute approximate surface area is 251 Å². The van der Waals surface area contributed by atoms with Crippen LogP contribution in [-0.4, -0.2) is 55.9 Å². The minimum atomic E-state index is -4.37. The molecule has 2 saturated carbocycles. The summed E-state index contributed by atoms with van der Waals surface area (Å²) in [6.45, 7) is 1.19. The highest BCUT2D eigenvalue weighted by Crippen LogP contribution is 2.37. The van der Waals surface area contributed by atoms with Crippen LogP contribution in [0.2, 0.25) is 0 Å². The van der Waals surface area contributed by atoms with Crippen LogP contribution in [0.15, 0.2) is 58.5 Å². The van der Waals surface area contributed by atoms with Gasteiger partial charge in [0.15, 0.2) is 5.16 Å². The maximum absolute atomic E-state index is 13.8. The number of carbonyl (C=O) groups excluding carboxylic acids is 1. The van der Waals surface area contributed by atoms with Crippen molar-refractivity contribution in [1.82, 2.24) is 19.8 Å². The first-order valence-corrected chi connectivity index (χ1v) is 15.5. The Morgan fingerprint density at radius 1 is 1.09 bits per heavy atom. The summed E-state index contributed by atoms with van der Waals surface area (Å²) in [4.78, 5) is 33.5. The number of rotatable bonds is 9. The lowest BCUT2D eigenvalue weighted by Gasteiger charge is -2.36. The molecule has 228 valence electrons. The first kappa shape index (κ1) is 29.6. The van der Waals surface area contributed by atoms with Gasteiger partial charge in [0, 0.05) is 37.2 Å². The Kier molecular flexibility index (Phi) is 8.41. The van der Waals surface area contributed by atoms with Gasteiger partial charge in [0.2, 0.25) is 5.91 Å². The van der Waals surface area contributed by atoms with E-state index in [0.29, 0.717) is 59.8 Å². The van der Waals surface area contributed by atoms with E-state index in [9.17, 15) is 27.9 Å². The highest BCUT2D eigenvalue weighted by Gasteiger charge is 2.33. The van der Waals surface area contributed by atoms with Crippen LogP contribution in [-0.2, 0) is 23.9 Å². The number of aromatic nitrogens is 2. The van der Waals surface area contributed by atoms with Crippen LogP contribution < -0.4 is 15.6 Å². The molecule has 1 aromatic heterocycles. The molecule has 3 aliphatic rings. The van der Waals surface area contributed by atoms with Crippen LogP contribution in [0.25, 0.3) is 5.69 Å². The summed E-state index contributed by atoms with van der Waals surface area (Å²) in [7, 11) is 0. The van der Waals surface area contributed by atoms with Crippen molar-refractivity contribution in [3.8, 4) is 17.2 Å². The van der Waals surface area contributed by atoms with Gasteiger partial charge in [0.25, 0.3) is 5.56 Å². The minimum Gasteiger partial charge on any atom is -0.508 e. The summed E-state index contributed by atoms with van der Waals surface area (Å²) in [5.74, 6) is 0.480. The van der Waals surface area contributed by atoms with Gasteiger partial charge in [-0.25, -0.2) is 4.98 Å². The Morgan fingerprint density at radius 2 is 1.81 bits per heavy atom. The number of fused-ring (bicyclic) bond motifs is 1. The number of amides is 1. The lowest BCUT2D eigenvalue weighted by Crippen LogP contribution is -2.48. The molecule has 0 radical (unpaired) electrons. The molecule has 2 aromatic carbocycles. The summed E-state index contributed by atoms with van der Waals surface area (Å²) in [6, 6.07) is 11.4. The maximum Gasteiger partial charge on any atom is 0.416 e. The molecule has 2 heterocycles. The summed E-state index contributed by atoms with van der Waals surface area (Å²) < 4.78 is 45.6. The molecule has 2 fully saturated rings. The Balaban J connectivity index is 1.02. The fourth-order valence-electron chi connectivity index (χ4n) is 5.50. The standard InChI is InChI=1S/C31H33F3N4O4S/c32-31(33,34)19-4-10-23(11-5-19)42-24-16-20(17-24)35-14-12-28(40)37-15-13-27-26(18-37)29(41)38(21-6-8-22(39)9-7-21)30(36-27)43-25-2-1-3-25/h4-11,20,24-25,35,39H,1-3,12-18H2. The number of halogens is 3. The van der Waals surface area contributed by atoms with E-state index >= 15 is 0 Å². The molecule has 1 aliphatic heterocycles. The van der Waals surface area contributed by atoms with Crippen molar-refractivity contribution in [3.05, 3.63) is 75.7 Å². The lowest BCUT2D eigenvalue weighted by atomic mass is 9.89. The first-order valence-electron chi connectivity index (χ1n) is 14.6. The fourth-order valence-corrected chi connectivity index (χ4v) is 6.82. The van der Waals surface area contributed by atoms with E-state index in [2.05, 4.69) is 5.32 Å². The smallest absolute Gasteiger partial charge is 0.416 e. The van der Waals surface area contributed by atoms with Crippen molar-refractivity contribution in [3.63, 3.8) is 0 Å². The van der Waals surface area contributed by atoms with Gasteiger partial charge in [-0.15, -0.1) is 0 Å². The number of nitrogens with one attached hydrogen (secondary N) is 1. The average molecular weight is 615 g/mol. The Bertz CT molecular complexity index is 1520. The van der Waals surface area contributed by atoms with Crippen LogP contribution in [0, 0.1) is 0 Å². The van der Waals surface area contributed by atoms with Gasteiger partial charge in [0.05, 0.1) is 29.1 Å². The predicted octanol–water partition coefficient (Wildman–Crippen LogP) is 5.08. The molecule has 0 spiro atoms. The molecule has 0 unspecified atom stereocenters. The second-order valence-electron chi connectivity index (χ2n) is 11.3. The van der Waals surface area contributed by atoms with Gasteiger partial charge >= 0.3 is 6.18 Å². The lowest BCUT2D eigenvalue weighted by molar-refractivity contribution is -0.137. The maximum atomic E-state index is 13.8. The summed E-state index contributed by atoms with van der Waals surface area (Å²) in [5, 5.41) is 14.2. The monoisotopic (exact) mass is 614 g/mol. The number of phenols is 1. The number of benzene rings is 2. The molecular weight excluding hydrogens is 581 g/mol. The van der Waals surface area contributed by atoms with Crippen molar-refractivity contribution in [1.29, 1.82) is 0 Å². The Morgan fingerprint density at radius 3 is 2.47 bits per heavy atom. The normalized spacial score (nSPS) is 20.2. The predicted molar refractivity (Wildman–Crippen MR) is 156 cm³/mol. The molecule has 0 bridgehead atoms. The number of ether oxygens (including phenoxy) is 1. The van der Waals surface area contributed by atoms with Crippen LogP contribution in [0.1, 0.15) is 55.3 Å². The van der Waals surface area contributed by atoms with Crippen molar-refractivity contribution in [2.75, 3.05) is 13.1 Å². The largest absolute Gasteiger partial charge is 0.508 e. The van der Waals surface area contributed by atoms with Gasteiger partial charge in [-0.2, -0.15) is 13.2 Å². The van der Waals surface area contributed by atoms with E-state index in [1.165, 1.54) is 18.6 Å². The number of aromatic hydroxyl groups is 1. The van der Waals surface area contributed by atoms with E-state index in [1.807, 2.05) is 0 Å². The number of nitrogens with zero attached hydrogens (tertiary/aromatic N) is 3. The van der Waals surface area contributed by atoms with Gasteiger partial charge in [-0.1, -0.05) is 18.2 Å². The third kappa shape index (κ3) is 6.70. The second-order valence-corrected chi connectivity index (χ2v) is 12.6. The van der Waals surface area contributed by atoms with Gasteiger partial charge in [0.1, 0.15) is 17.6 Å². The molecule has 2 aliphatic carbocycles. The van der Waals surface area contributed by atoms with E-state index in [0.717, 1.165) is 30.7 Å². The molecule has 1 amide bonds. The number of carbonyl (C=O) groups is 1. The number of alkyl halides is 3. The van der Waals surface area contributed by atoms with E-state index < -0.39 is 11.7 Å². The zero-order valence-corrected chi connectivity index (χ0v) is 24.3. The molecule has 43 heavy (non-hydrogen) atoms. The van der Waals surface area contributed by atoms with E-state index in [1.54, 1.807) is 45.5 Å². The molecule has 3 aromatic rings. The van der Waals surface area contributed by atoms with Gasteiger partial charge in [-0.3, -0.25) is 14.2 Å². The zero-order chi connectivity index (χ0) is 30.1. The van der Waals surface area contributed by atoms with E-state index in [-0.39, 0.29) is 42.3 Å². The number of hydrogen-bond donors (Lipinski definition) is 2. The van der Waals surface area contributed by atoms with Crippen molar-refractivity contribution >= 4 is 17.7 Å². The second kappa shape index (κ2) is 12.2. The topological polar surface area (TPSA) is 96.7 Å². The molecule has 2 N–H and O–H groups in total. The molecule has 0 saturated heterocycles. The van der Waals surface area contributed by atoms with Crippen LogP contribution in [0.4, 0.5) is 13.2 Å². The summed E-state index contributed by atoms with van der Waals surface area (Å²) in [6.07, 6.45) is 1.12. The molecule has 8 nitrogen and oxygen atoms in total. The van der Waals surface area contributed by atoms with Crippen molar-refractivity contribution < 1.29 is 27.8 Å². The fraction of sp³-hybridized carbons (Fsp3) is 0.452. The highest BCUT2D eigenvalue weighted by molar-refractivity contribution is 7.99. The van der Waals surface area contributed by atoms with E-state index in [4.69, 9.17) is 9.72 Å².